The normalized spacial score (nSPS) is 16.5. The van der Waals surface area contributed by atoms with Gasteiger partial charge in [-0.1, -0.05) is 26.0 Å². The fraction of sp³-hybridized carbons (Fsp3) is 0.650. The van der Waals surface area contributed by atoms with Gasteiger partial charge in [-0.2, -0.15) is 0 Å². The van der Waals surface area contributed by atoms with Crippen LogP contribution in [0.25, 0.3) is 0 Å². The van der Waals surface area contributed by atoms with Gasteiger partial charge in [-0.15, -0.1) is 5.10 Å². The van der Waals surface area contributed by atoms with Gasteiger partial charge in [0, 0.05) is 33.3 Å². The summed E-state index contributed by atoms with van der Waals surface area (Å²) in [4.78, 5) is 4.91. The highest BCUT2D eigenvalue weighted by Gasteiger charge is 2.30. The lowest BCUT2D eigenvalue weighted by Gasteiger charge is -2.40. The molecule has 28 heavy (non-hydrogen) atoms. The van der Waals surface area contributed by atoms with Gasteiger partial charge < -0.3 is 14.4 Å². The molecule has 0 bridgehead atoms. The maximum absolute atomic E-state index is 5.54. The van der Waals surface area contributed by atoms with E-state index in [0.29, 0.717) is 19.1 Å². The smallest absolute Gasteiger partial charge is 0.168 e. The number of methoxy groups -OCH3 is 2. The minimum absolute atomic E-state index is 0.215. The first-order chi connectivity index (χ1) is 13.6. The van der Waals surface area contributed by atoms with Crippen molar-refractivity contribution in [2.24, 2.45) is 5.92 Å². The van der Waals surface area contributed by atoms with Crippen LogP contribution < -0.4 is 9.64 Å². The number of rotatable bonds is 9. The number of hydrogen-bond acceptors (Lipinski definition) is 7. The molecule has 0 saturated carbocycles. The number of anilines is 1. The largest absolute Gasteiger partial charge is 0.495 e. The number of tetrazole rings is 1. The highest BCUT2D eigenvalue weighted by Crippen LogP contribution is 2.31. The fourth-order valence-electron chi connectivity index (χ4n) is 3.82. The van der Waals surface area contributed by atoms with Crippen LogP contribution in [0.2, 0.25) is 0 Å². The van der Waals surface area contributed by atoms with Crippen molar-refractivity contribution in [2.45, 2.75) is 32.9 Å². The van der Waals surface area contributed by atoms with Gasteiger partial charge in [0.15, 0.2) is 5.82 Å². The highest BCUT2D eigenvalue weighted by molar-refractivity contribution is 5.58. The van der Waals surface area contributed by atoms with E-state index in [4.69, 9.17) is 9.47 Å². The Morgan fingerprint density at radius 1 is 1.07 bits per heavy atom. The molecule has 8 heteroatoms. The molecule has 1 aromatic heterocycles. The monoisotopic (exact) mass is 388 g/mol. The average Bonchev–Trinajstić information content (AvgIpc) is 3.18. The molecule has 0 radical (unpaired) electrons. The average molecular weight is 389 g/mol. The standard InChI is InChI=1S/C20H32N6O2/c1-16(2)15-18(20-21-22-23-26(20)13-14-27-3)25-11-9-24(10-12-25)17-7-5-6-8-19(17)28-4/h5-8,16,18H,9-15H2,1-4H3/t18-/m1/s1. The van der Waals surface area contributed by atoms with E-state index in [1.54, 1.807) is 14.2 Å². The van der Waals surface area contributed by atoms with Crippen molar-refractivity contribution in [3.05, 3.63) is 30.1 Å². The quantitative estimate of drug-likeness (QED) is 0.652. The third-order valence-electron chi connectivity index (χ3n) is 5.24. The molecule has 0 spiro atoms. The molecule has 0 aliphatic carbocycles. The third kappa shape index (κ3) is 4.80. The molecular weight excluding hydrogens is 356 g/mol. The summed E-state index contributed by atoms with van der Waals surface area (Å²) in [5.74, 6) is 2.43. The van der Waals surface area contributed by atoms with E-state index < -0.39 is 0 Å². The summed E-state index contributed by atoms with van der Waals surface area (Å²) in [6.45, 7) is 9.62. The highest BCUT2D eigenvalue weighted by atomic mass is 16.5. The van der Waals surface area contributed by atoms with Crippen molar-refractivity contribution in [2.75, 3.05) is 51.9 Å². The molecule has 1 atom stereocenters. The van der Waals surface area contributed by atoms with E-state index in [1.165, 1.54) is 0 Å². The summed E-state index contributed by atoms with van der Waals surface area (Å²) in [6.07, 6.45) is 1.03. The van der Waals surface area contributed by atoms with Crippen LogP contribution in [-0.4, -0.2) is 72.1 Å². The van der Waals surface area contributed by atoms with E-state index in [1.807, 2.05) is 16.8 Å². The number of hydrogen-bond donors (Lipinski definition) is 0. The molecule has 1 saturated heterocycles. The molecule has 1 aliphatic heterocycles. The van der Waals surface area contributed by atoms with Crippen molar-refractivity contribution in [1.29, 1.82) is 0 Å². The minimum Gasteiger partial charge on any atom is -0.495 e. The van der Waals surface area contributed by atoms with Crippen molar-refractivity contribution < 1.29 is 9.47 Å². The van der Waals surface area contributed by atoms with Gasteiger partial charge in [0.05, 0.1) is 32.0 Å². The maximum atomic E-state index is 5.54. The number of para-hydroxylation sites is 2. The molecule has 1 fully saturated rings. The zero-order valence-corrected chi connectivity index (χ0v) is 17.4. The van der Waals surface area contributed by atoms with E-state index in [2.05, 4.69) is 51.3 Å². The topological polar surface area (TPSA) is 68.5 Å². The van der Waals surface area contributed by atoms with Gasteiger partial charge in [-0.25, -0.2) is 4.68 Å². The fourth-order valence-corrected chi connectivity index (χ4v) is 3.82. The summed E-state index contributed by atoms with van der Waals surface area (Å²) in [7, 11) is 3.43. The predicted octanol–water partition coefficient (Wildman–Crippen LogP) is 2.24. The summed E-state index contributed by atoms with van der Waals surface area (Å²) >= 11 is 0. The third-order valence-corrected chi connectivity index (χ3v) is 5.24. The van der Waals surface area contributed by atoms with Gasteiger partial charge in [-0.05, 0) is 34.9 Å². The second kappa shape index (κ2) is 9.84. The molecule has 154 valence electrons. The second-order valence-corrected chi connectivity index (χ2v) is 7.59. The maximum Gasteiger partial charge on any atom is 0.168 e. The van der Waals surface area contributed by atoms with Crippen LogP contribution in [0.3, 0.4) is 0 Å². The van der Waals surface area contributed by atoms with Crippen molar-refractivity contribution in [1.82, 2.24) is 25.1 Å². The van der Waals surface area contributed by atoms with Crippen LogP contribution in [0.1, 0.15) is 32.1 Å². The number of piperazine rings is 1. The molecule has 0 unspecified atom stereocenters. The molecule has 1 aliphatic rings. The summed E-state index contributed by atoms with van der Waals surface area (Å²) in [5, 5.41) is 12.5. The van der Waals surface area contributed by atoms with Crippen LogP contribution in [0.5, 0.6) is 5.75 Å². The summed E-state index contributed by atoms with van der Waals surface area (Å²) in [6, 6.07) is 8.44. The summed E-state index contributed by atoms with van der Waals surface area (Å²) < 4.78 is 12.6. The SMILES string of the molecule is COCCn1nnnc1[C@@H](CC(C)C)N1CCN(c2ccccc2OC)CC1. The zero-order valence-electron chi connectivity index (χ0n) is 17.4. The van der Waals surface area contributed by atoms with Gasteiger partial charge in [0.2, 0.25) is 0 Å². The first-order valence-corrected chi connectivity index (χ1v) is 10.0. The molecule has 3 rings (SSSR count). The summed E-state index contributed by atoms with van der Waals surface area (Å²) in [5.41, 5.74) is 1.16. The lowest BCUT2D eigenvalue weighted by Crippen LogP contribution is -2.48. The Labute approximate surface area is 167 Å². The zero-order chi connectivity index (χ0) is 19.9. The van der Waals surface area contributed by atoms with Crippen LogP contribution in [0.4, 0.5) is 5.69 Å². The van der Waals surface area contributed by atoms with Crippen molar-refractivity contribution >= 4 is 5.69 Å². The van der Waals surface area contributed by atoms with E-state index in [0.717, 1.165) is 49.9 Å². The van der Waals surface area contributed by atoms with Gasteiger partial charge in [0.25, 0.3) is 0 Å². The number of aromatic nitrogens is 4. The molecule has 0 amide bonds. The lowest BCUT2D eigenvalue weighted by atomic mass is 10.0. The molecule has 0 N–H and O–H groups in total. The van der Waals surface area contributed by atoms with Crippen LogP contribution in [-0.2, 0) is 11.3 Å². The Bertz CT molecular complexity index is 727. The van der Waals surface area contributed by atoms with E-state index >= 15 is 0 Å². The molecule has 1 aromatic carbocycles. The Morgan fingerprint density at radius 3 is 2.50 bits per heavy atom. The molecule has 2 aromatic rings. The molecular formula is C20H32N6O2. The molecule has 2 heterocycles. The number of nitrogens with zero attached hydrogens (tertiary/aromatic N) is 6. The Morgan fingerprint density at radius 2 is 1.82 bits per heavy atom. The van der Waals surface area contributed by atoms with Gasteiger partial charge in [0.1, 0.15) is 5.75 Å². The Kier molecular flexibility index (Phi) is 7.22. The van der Waals surface area contributed by atoms with Crippen molar-refractivity contribution in [3.8, 4) is 5.75 Å². The Hall–Kier alpha value is -2.19. The molecule has 8 nitrogen and oxygen atoms in total. The first kappa shape index (κ1) is 20.5. The lowest BCUT2D eigenvalue weighted by molar-refractivity contribution is 0.145. The van der Waals surface area contributed by atoms with Crippen LogP contribution in [0, 0.1) is 5.92 Å². The second-order valence-electron chi connectivity index (χ2n) is 7.59. The number of ether oxygens (including phenoxy) is 2. The number of benzene rings is 1. The predicted molar refractivity (Wildman–Crippen MR) is 109 cm³/mol. The van der Waals surface area contributed by atoms with Crippen LogP contribution >= 0.6 is 0 Å². The van der Waals surface area contributed by atoms with Gasteiger partial charge >= 0.3 is 0 Å². The minimum atomic E-state index is 0.215. The van der Waals surface area contributed by atoms with Crippen molar-refractivity contribution in [3.63, 3.8) is 0 Å². The first-order valence-electron chi connectivity index (χ1n) is 10.0. The van der Waals surface area contributed by atoms with E-state index in [9.17, 15) is 0 Å². The Balaban J connectivity index is 1.72. The van der Waals surface area contributed by atoms with Gasteiger partial charge in [-0.3, -0.25) is 4.90 Å². The van der Waals surface area contributed by atoms with E-state index in [-0.39, 0.29) is 6.04 Å². The van der Waals surface area contributed by atoms with Crippen LogP contribution in [0.15, 0.2) is 24.3 Å².